The van der Waals surface area contributed by atoms with Crippen LogP contribution >= 0.6 is 0 Å². The average molecular weight is 226 g/mol. The maximum absolute atomic E-state index is 10.8. The van der Waals surface area contributed by atoms with Gasteiger partial charge in [0.15, 0.2) is 0 Å². The minimum absolute atomic E-state index is 0.0685. The van der Waals surface area contributed by atoms with Crippen LogP contribution in [-0.2, 0) is 11.3 Å². The van der Waals surface area contributed by atoms with E-state index >= 15 is 0 Å². The van der Waals surface area contributed by atoms with Crippen molar-refractivity contribution in [1.29, 1.82) is 0 Å². The first-order valence-corrected chi connectivity index (χ1v) is 4.78. The highest BCUT2D eigenvalue weighted by molar-refractivity contribution is 5.88. The second kappa shape index (κ2) is 6.09. The number of carboxylic acids is 1. The van der Waals surface area contributed by atoms with Crippen molar-refractivity contribution in [2.24, 2.45) is 0 Å². The van der Waals surface area contributed by atoms with Crippen molar-refractivity contribution in [3.05, 3.63) is 29.3 Å². The lowest BCUT2D eigenvalue weighted by atomic mass is 10.1. The average Bonchev–Trinajstić information content (AvgIpc) is 2.29. The summed E-state index contributed by atoms with van der Waals surface area (Å²) in [5.74, 6) is -0.422. The van der Waals surface area contributed by atoms with E-state index in [2.05, 4.69) is 0 Å². The van der Waals surface area contributed by atoms with Crippen molar-refractivity contribution in [2.75, 3.05) is 20.3 Å². The number of aliphatic hydroxyl groups is 1. The van der Waals surface area contributed by atoms with Gasteiger partial charge in [0.1, 0.15) is 5.75 Å². The molecule has 88 valence electrons. The number of benzene rings is 1. The molecule has 1 rings (SSSR count). The van der Waals surface area contributed by atoms with E-state index in [1.807, 2.05) is 0 Å². The molecule has 0 aromatic heterocycles. The lowest BCUT2D eigenvalue weighted by Crippen LogP contribution is -2.03. The third kappa shape index (κ3) is 3.22. The highest BCUT2D eigenvalue weighted by atomic mass is 16.5. The number of aromatic carboxylic acids is 1. The van der Waals surface area contributed by atoms with Crippen LogP contribution in [0.25, 0.3) is 0 Å². The number of hydrogen-bond acceptors (Lipinski definition) is 4. The van der Waals surface area contributed by atoms with Crippen LogP contribution in [0.3, 0.4) is 0 Å². The van der Waals surface area contributed by atoms with E-state index < -0.39 is 5.97 Å². The Labute approximate surface area is 93.2 Å². The predicted octanol–water partition coefficient (Wildman–Crippen LogP) is 0.902. The highest BCUT2D eigenvalue weighted by Gasteiger charge is 2.08. The fourth-order valence-corrected chi connectivity index (χ4v) is 1.27. The molecule has 0 bridgehead atoms. The molecule has 5 heteroatoms. The van der Waals surface area contributed by atoms with E-state index in [1.54, 1.807) is 6.07 Å². The molecule has 0 aliphatic rings. The Hall–Kier alpha value is -1.59. The summed E-state index contributed by atoms with van der Waals surface area (Å²) in [6, 6.07) is 4.55. The molecular formula is C11H14O5. The minimum atomic E-state index is -0.994. The van der Waals surface area contributed by atoms with E-state index in [0.29, 0.717) is 11.3 Å². The van der Waals surface area contributed by atoms with Crippen molar-refractivity contribution in [2.45, 2.75) is 6.61 Å². The molecular weight excluding hydrogens is 212 g/mol. The van der Waals surface area contributed by atoms with Crippen LogP contribution in [-0.4, -0.2) is 36.5 Å². The number of aliphatic hydroxyl groups excluding tert-OH is 1. The highest BCUT2D eigenvalue weighted by Crippen LogP contribution is 2.20. The summed E-state index contributed by atoms with van der Waals surface area (Å²) in [5, 5.41) is 17.4. The molecule has 0 atom stereocenters. The number of carbonyl (C=O) groups is 1. The van der Waals surface area contributed by atoms with Crippen LogP contribution in [0.5, 0.6) is 5.75 Å². The normalized spacial score (nSPS) is 10.1. The topological polar surface area (TPSA) is 76.0 Å². The maximum atomic E-state index is 10.8. The molecule has 16 heavy (non-hydrogen) atoms. The molecule has 0 saturated heterocycles. The Balaban J connectivity index is 2.84. The number of hydrogen-bond donors (Lipinski definition) is 2. The third-order valence-corrected chi connectivity index (χ3v) is 2.02. The summed E-state index contributed by atoms with van der Waals surface area (Å²) in [5.41, 5.74) is 0.833. The van der Waals surface area contributed by atoms with E-state index in [1.165, 1.54) is 19.2 Å². The molecule has 5 nitrogen and oxygen atoms in total. The lowest BCUT2D eigenvalue weighted by molar-refractivity contribution is 0.0694. The van der Waals surface area contributed by atoms with Crippen LogP contribution < -0.4 is 4.74 Å². The Morgan fingerprint density at radius 3 is 2.75 bits per heavy atom. The fraction of sp³-hybridized carbons (Fsp3) is 0.364. The zero-order valence-corrected chi connectivity index (χ0v) is 8.97. The fourth-order valence-electron chi connectivity index (χ4n) is 1.27. The summed E-state index contributed by atoms with van der Waals surface area (Å²) in [4.78, 5) is 10.8. The zero-order chi connectivity index (χ0) is 12.0. The van der Waals surface area contributed by atoms with Crippen LogP contribution in [0.2, 0.25) is 0 Å². The number of ether oxygens (including phenoxy) is 2. The minimum Gasteiger partial charge on any atom is -0.496 e. The van der Waals surface area contributed by atoms with Gasteiger partial charge in [-0.15, -0.1) is 0 Å². The van der Waals surface area contributed by atoms with Gasteiger partial charge in [-0.2, -0.15) is 0 Å². The van der Waals surface area contributed by atoms with Crippen LogP contribution in [0.15, 0.2) is 18.2 Å². The molecule has 1 aromatic carbocycles. The van der Waals surface area contributed by atoms with Gasteiger partial charge in [-0.05, 0) is 18.2 Å². The Bertz CT molecular complexity index is 361. The molecule has 0 saturated carbocycles. The molecule has 0 unspecified atom stereocenters. The molecule has 2 N–H and O–H groups in total. The monoisotopic (exact) mass is 226 g/mol. The number of rotatable bonds is 6. The van der Waals surface area contributed by atoms with Crippen molar-refractivity contribution in [3.8, 4) is 5.75 Å². The summed E-state index contributed by atoms with van der Waals surface area (Å²) in [6.07, 6.45) is 0. The van der Waals surface area contributed by atoms with Crippen molar-refractivity contribution in [1.82, 2.24) is 0 Å². The quantitative estimate of drug-likeness (QED) is 0.705. The van der Waals surface area contributed by atoms with Crippen molar-refractivity contribution in [3.63, 3.8) is 0 Å². The lowest BCUT2D eigenvalue weighted by Gasteiger charge is -2.09. The number of carboxylic acid groups (broad SMARTS) is 1. The van der Waals surface area contributed by atoms with Gasteiger partial charge in [-0.1, -0.05) is 0 Å². The van der Waals surface area contributed by atoms with E-state index in [9.17, 15) is 4.79 Å². The molecule has 0 fully saturated rings. The second-order valence-electron chi connectivity index (χ2n) is 3.11. The summed E-state index contributed by atoms with van der Waals surface area (Å²) >= 11 is 0. The first kappa shape index (κ1) is 12.5. The van der Waals surface area contributed by atoms with E-state index in [0.717, 1.165) is 0 Å². The molecule has 0 spiro atoms. The Kier molecular flexibility index (Phi) is 4.75. The predicted molar refractivity (Wildman–Crippen MR) is 56.7 cm³/mol. The Morgan fingerprint density at radius 2 is 2.19 bits per heavy atom. The first-order valence-electron chi connectivity index (χ1n) is 4.78. The van der Waals surface area contributed by atoms with Crippen molar-refractivity contribution >= 4 is 5.97 Å². The second-order valence-corrected chi connectivity index (χ2v) is 3.11. The molecule has 0 aliphatic heterocycles. The van der Waals surface area contributed by atoms with Crippen LogP contribution in [0.4, 0.5) is 0 Å². The third-order valence-electron chi connectivity index (χ3n) is 2.02. The molecule has 0 amide bonds. The number of methoxy groups -OCH3 is 1. The zero-order valence-electron chi connectivity index (χ0n) is 8.97. The van der Waals surface area contributed by atoms with Gasteiger partial charge in [0.2, 0.25) is 0 Å². The van der Waals surface area contributed by atoms with Gasteiger partial charge in [0, 0.05) is 5.56 Å². The first-order chi connectivity index (χ1) is 7.69. The standard InChI is InChI=1S/C11H14O5/c1-15-10-3-2-8(11(13)14)6-9(10)7-16-5-4-12/h2-3,6,12H,4-5,7H2,1H3,(H,13,14). The summed E-state index contributed by atoms with van der Waals surface area (Å²) in [6.45, 7) is 0.353. The van der Waals surface area contributed by atoms with Crippen LogP contribution in [0, 0.1) is 0 Å². The molecule has 0 aliphatic carbocycles. The van der Waals surface area contributed by atoms with Crippen molar-refractivity contribution < 1.29 is 24.5 Å². The van der Waals surface area contributed by atoms with Gasteiger partial charge in [0.25, 0.3) is 0 Å². The maximum Gasteiger partial charge on any atom is 0.335 e. The summed E-state index contributed by atoms with van der Waals surface area (Å²) < 4.78 is 10.2. The van der Waals surface area contributed by atoms with E-state index in [4.69, 9.17) is 19.7 Å². The smallest absolute Gasteiger partial charge is 0.335 e. The van der Waals surface area contributed by atoms with Gasteiger partial charge in [-0.25, -0.2) is 4.79 Å². The Morgan fingerprint density at radius 1 is 1.44 bits per heavy atom. The summed E-state index contributed by atoms with van der Waals surface area (Å²) in [7, 11) is 1.51. The van der Waals surface area contributed by atoms with Gasteiger partial charge in [0.05, 0.1) is 32.5 Å². The van der Waals surface area contributed by atoms with Gasteiger partial charge in [-0.3, -0.25) is 0 Å². The van der Waals surface area contributed by atoms with Crippen LogP contribution in [0.1, 0.15) is 15.9 Å². The molecule has 0 radical (unpaired) electrons. The largest absolute Gasteiger partial charge is 0.496 e. The molecule has 1 aromatic rings. The van der Waals surface area contributed by atoms with E-state index in [-0.39, 0.29) is 25.4 Å². The van der Waals surface area contributed by atoms with Gasteiger partial charge >= 0.3 is 5.97 Å². The SMILES string of the molecule is COc1ccc(C(=O)O)cc1COCCO. The molecule has 0 heterocycles. The van der Waals surface area contributed by atoms with Gasteiger partial charge < -0.3 is 19.7 Å².